The highest BCUT2D eigenvalue weighted by Gasteiger charge is 2.05. The molecule has 0 amide bonds. The summed E-state index contributed by atoms with van der Waals surface area (Å²) in [5, 5.41) is 0.797. The molecule has 2 aromatic carbocycles. The normalized spacial score (nSPS) is 11.1. The number of nitrogens with zero attached hydrogens (tertiary/aromatic N) is 1. The van der Waals surface area contributed by atoms with E-state index in [2.05, 4.69) is 25.9 Å². The van der Waals surface area contributed by atoms with E-state index in [4.69, 9.17) is 5.73 Å². The lowest BCUT2D eigenvalue weighted by Gasteiger charge is -2.01. The van der Waals surface area contributed by atoms with Crippen LogP contribution in [0.5, 0.6) is 0 Å². The molecule has 1 heterocycles. The predicted molar refractivity (Wildman–Crippen MR) is 84.2 cm³/mol. The monoisotopic (exact) mass is 351 g/mol. The van der Waals surface area contributed by atoms with Gasteiger partial charge in [0.25, 0.3) is 0 Å². The van der Waals surface area contributed by atoms with Crippen LogP contribution in [0.1, 0.15) is 5.56 Å². The van der Waals surface area contributed by atoms with Crippen molar-refractivity contribution >= 4 is 44.4 Å². The highest BCUT2D eigenvalue weighted by Crippen LogP contribution is 2.25. The van der Waals surface area contributed by atoms with Crippen LogP contribution in [-0.4, -0.2) is 9.97 Å². The maximum atomic E-state index is 13.3. The van der Waals surface area contributed by atoms with Gasteiger partial charge in [-0.1, -0.05) is 27.7 Å². The zero-order valence-electron chi connectivity index (χ0n) is 10.4. The summed E-state index contributed by atoms with van der Waals surface area (Å²) in [6.07, 6.45) is 0. The molecule has 20 heavy (non-hydrogen) atoms. The summed E-state index contributed by atoms with van der Waals surface area (Å²) < 4.78 is 14.0. The zero-order valence-corrected chi connectivity index (χ0v) is 12.8. The molecule has 0 atom stereocenters. The number of rotatable bonds is 3. The van der Waals surface area contributed by atoms with E-state index < -0.39 is 0 Å². The summed E-state index contributed by atoms with van der Waals surface area (Å²) in [5.74, 6) is 0.401. The first-order valence-electron chi connectivity index (χ1n) is 5.93. The lowest BCUT2D eigenvalue weighted by molar-refractivity contribution is 0.625. The van der Waals surface area contributed by atoms with Crippen LogP contribution in [0, 0.1) is 5.82 Å². The number of halogens is 2. The topological polar surface area (TPSA) is 54.7 Å². The van der Waals surface area contributed by atoms with Crippen molar-refractivity contribution in [2.45, 2.75) is 10.9 Å². The smallest absolute Gasteiger partial charge is 0.166 e. The van der Waals surface area contributed by atoms with Crippen molar-refractivity contribution in [3.05, 3.63) is 52.3 Å². The average molecular weight is 352 g/mol. The van der Waals surface area contributed by atoms with E-state index in [0.29, 0.717) is 11.4 Å². The molecule has 1 aromatic heterocycles. The minimum atomic E-state index is -0.243. The maximum absolute atomic E-state index is 13.3. The summed E-state index contributed by atoms with van der Waals surface area (Å²) in [6.45, 7) is 0. The van der Waals surface area contributed by atoms with Crippen molar-refractivity contribution in [2.75, 3.05) is 5.73 Å². The van der Waals surface area contributed by atoms with Crippen LogP contribution in [0.15, 0.2) is 46.0 Å². The van der Waals surface area contributed by atoms with Gasteiger partial charge in [0.2, 0.25) is 0 Å². The second-order valence-electron chi connectivity index (χ2n) is 4.38. The number of fused-ring (bicyclic) bond motifs is 1. The third-order valence-electron chi connectivity index (χ3n) is 2.78. The van der Waals surface area contributed by atoms with E-state index in [1.54, 1.807) is 0 Å². The Morgan fingerprint density at radius 2 is 2.10 bits per heavy atom. The summed E-state index contributed by atoms with van der Waals surface area (Å²) in [4.78, 5) is 7.66. The molecule has 3 rings (SSSR count). The number of imidazole rings is 1. The molecule has 0 saturated carbocycles. The third kappa shape index (κ3) is 2.96. The summed E-state index contributed by atoms with van der Waals surface area (Å²) in [6, 6.07) is 10.4. The van der Waals surface area contributed by atoms with Gasteiger partial charge in [0, 0.05) is 15.9 Å². The predicted octanol–water partition coefficient (Wildman–Crippen LogP) is 4.34. The molecular weight excluding hydrogens is 341 g/mol. The first kappa shape index (κ1) is 13.5. The van der Waals surface area contributed by atoms with Crippen molar-refractivity contribution < 1.29 is 4.39 Å². The number of nitrogen functional groups attached to an aromatic ring is 1. The fourth-order valence-electron chi connectivity index (χ4n) is 1.92. The Morgan fingerprint density at radius 3 is 2.90 bits per heavy atom. The minimum absolute atomic E-state index is 0.243. The molecule has 0 aliphatic carbocycles. The molecule has 0 aliphatic heterocycles. The van der Waals surface area contributed by atoms with Crippen molar-refractivity contribution in [2.24, 2.45) is 0 Å². The van der Waals surface area contributed by atoms with Crippen molar-refractivity contribution in [3.8, 4) is 0 Å². The van der Waals surface area contributed by atoms with Gasteiger partial charge in [-0.2, -0.15) is 0 Å². The Bertz CT molecular complexity index is 752. The van der Waals surface area contributed by atoms with Gasteiger partial charge in [-0.25, -0.2) is 9.37 Å². The lowest BCUT2D eigenvalue weighted by Crippen LogP contribution is -1.85. The summed E-state index contributed by atoms with van der Waals surface area (Å²) in [5.41, 5.74) is 9.12. The second-order valence-corrected chi connectivity index (χ2v) is 6.26. The number of nitrogens with two attached hydrogens (primary N) is 1. The molecule has 3 nitrogen and oxygen atoms in total. The highest BCUT2D eigenvalue weighted by molar-refractivity contribution is 9.10. The van der Waals surface area contributed by atoms with Gasteiger partial charge >= 0.3 is 0 Å². The number of aromatic amines is 1. The first-order chi connectivity index (χ1) is 9.60. The molecule has 102 valence electrons. The van der Waals surface area contributed by atoms with E-state index in [1.165, 1.54) is 23.9 Å². The molecule has 0 aliphatic rings. The number of H-pyrrole nitrogens is 1. The van der Waals surface area contributed by atoms with Crippen molar-refractivity contribution in [1.29, 1.82) is 0 Å². The van der Waals surface area contributed by atoms with Gasteiger partial charge < -0.3 is 10.7 Å². The number of benzene rings is 2. The van der Waals surface area contributed by atoms with E-state index in [0.717, 1.165) is 26.2 Å². The molecule has 0 fully saturated rings. The first-order valence-corrected chi connectivity index (χ1v) is 7.71. The molecule has 6 heteroatoms. The summed E-state index contributed by atoms with van der Waals surface area (Å²) >= 11 is 4.82. The molecule has 3 N–H and O–H groups in total. The Morgan fingerprint density at radius 1 is 1.25 bits per heavy atom. The Hall–Kier alpha value is -1.53. The number of nitrogens with one attached hydrogen (secondary N) is 1. The Balaban J connectivity index is 1.79. The van der Waals surface area contributed by atoms with Gasteiger partial charge in [0.05, 0.1) is 11.0 Å². The molecule has 0 saturated heterocycles. The number of thioether (sulfide) groups is 1. The summed E-state index contributed by atoms with van der Waals surface area (Å²) in [7, 11) is 0. The molecule has 0 unspecified atom stereocenters. The van der Waals surface area contributed by atoms with Crippen LogP contribution in [0.4, 0.5) is 10.1 Å². The standard InChI is InChI=1S/C14H11BrFN3S/c15-9-3-8(4-10(16)5-9)7-20-14-18-12-2-1-11(17)6-13(12)19-14/h1-6H,7,17H2,(H,18,19). The van der Waals surface area contributed by atoms with E-state index in [9.17, 15) is 4.39 Å². The second kappa shape index (κ2) is 5.46. The molecule has 0 spiro atoms. The highest BCUT2D eigenvalue weighted by atomic mass is 79.9. The average Bonchev–Trinajstić information content (AvgIpc) is 2.77. The number of aromatic nitrogens is 2. The zero-order chi connectivity index (χ0) is 14.1. The van der Waals surface area contributed by atoms with Gasteiger partial charge in [-0.15, -0.1) is 0 Å². The van der Waals surface area contributed by atoms with E-state index in [1.807, 2.05) is 24.3 Å². The van der Waals surface area contributed by atoms with Crippen molar-refractivity contribution in [3.63, 3.8) is 0 Å². The van der Waals surface area contributed by atoms with Crippen molar-refractivity contribution in [1.82, 2.24) is 9.97 Å². The Labute approximate surface area is 127 Å². The number of anilines is 1. The van der Waals surface area contributed by atoms with Crippen LogP contribution in [-0.2, 0) is 5.75 Å². The van der Waals surface area contributed by atoms with Gasteiger partial charge in [-0.05, 0) is 42.0 Å². The van der Waals surface area contributed by atoms with E-state index in [-0.39, 0.29) is 5.82 Å². The largest absolute Gasteiger partial charge is 0.399 e. The van der Waals surface area contributed by atoms with Crippen LogP contribution < -0.4 is 5.73 Å². The molecule has 3 aromatic rings. The number of hydrogen-bond acceptors (Lipinski definition) is 3. The lowest BCUT2D eigenvalue weighted by atomic mass is 10.2. The fraction of sp³-hybridized carbons (Fsp3) is 0.0714. The molecule has 0 radical (unpaired) electrons. The van der Waals surface area contributed by atoms with Crippen LogP contribution >= 0.6 is 27.7 Å². The Kier molecular flexibility index (Phi) is 3.67. The molecule has 0 bridgehead atoms. The minimum Gasteiger partial charge on any atom is -0.399 e. The number of hydrogen-bond donors (Lipinski definition) is 2. The van der Waals surface area contributed by atoms with Crippen LogP contribution in [0.25, 0.3) is 11.0 Å². The SMILES string of the molecule is Nc1ccc2nc(SCc3cc(F)cc(Br)c3)[nH]c2c1. The van der Waals surface area contributed by atoms with Gasteiger partial charge in [0.1, 0.15) is 5.82 Å². The third-order valence-corrected chi connectivity index (χ3v) is 4.18. The van der Waals surface area contributed by atoms with Gasteiger partial charge in [-0.3, -0.25) is 0 Å². The van der Waals surface area contributed by atoms with Crippen LogP contribution in [0.2, 0.25) is 0 Å². The van der Waals surface area contributed by atoms with Gasteiger partial charge in [0.15, 0.2) is 5.16 Å². The quantitative estimate of drug-likeness (QED) is 0.545. The fourth-order valence-corrected chi connectivity index (χ4v) is 3.25. The van der Waals surface area contributed by atoms with Crippen LogP contribution in [0.3, 0.4) is 0 Å². The molecular formula is C14H11BrFN3S. The van der Waals surface area contributed by atoms with E-state index >= 15 is 0 Å². The maximum Gasteiger partial charge on any atom is 0.166 e.